The minimum Gasteiger partial charge on any atom is -0.372 e. The molecule has 2 N–H and O–H groups in total. The molecule has 1 heterocycles. The molecule has 1 aliphatic rings. The first-order chi connectivity index (χ1) is 9.22. The second-order valence-corrected chi connectivity index (χ2v) is 5.87. The molecule has 0 saturated heterocycles. The molecule has 5 nitrogen and oxygen atoms in total. The number of nitrogens with one attached hydrogen (secondary N) is 2. The molecule has 0 aromatic carbocycles. The van der Waals surface area contributed by atoms with E-state index in [0.29, 0.717) is 16.8 Å². The van der Waals surface area contributed by atoms with Gasteiger partial charge < -0.3 is 10.6 Å². The minimum absolute atomic E-state index is 0.123. The molecule has 1 amide bonds. The Labute approximate surface area is 118 Å². The summed E-state index contributed by atoms with van der Waals surface area (Å²) in [5.41, 5.74) is 0.380. The summed E-state index contributed by atoms with van der Waals surface area (Å²) in [6.45, 7) is 0. The average Bonchev–Trinajstić information content (AvgIpc) is 2.47. The highest BCUT2D eigenvalue weighted by Crippen LogP contribution is 2.26. The fraction of sp³-hybridized carbons (Fsp3) is 0.615. The van der Waals surface area contributed by atoms with Crippen LogP contribution in [0.4, 0.5) is 5.82 Å². The molecule has 0 aliphatic heterocycles. The maximum atomic E-state index is 12.1. The summed E-state index contributed by atoms with van der Waals surface area (Å²) in [6.07, 6.45) is 9.76. The van der Waals surface area contributed by atoms with Crippen molar-refractivity contribution in [3.05, 3.63) is 18.1 Å². The Hall–Kier alpha value is -1.30. The molecule has 2 unspecified atom stereocenters. The summed E-state index contributed by atoms with van der Waals surface area (Å²) in [5, 5.41) is 6.61. The largest absolute Gasteiger partial charge is 0.372 e. The molecule has 1 aromatic rings. The van der Waals surface area contributed by atoms with Crippen molar-refractivity contribution in [3.63, 3.8) is 0 Å². The Balaban J connectivity index is 1.92. The molecular weight excluding hydrogens is 260 g/mol. The van der Waals surface area contributed by atoms with Crippen molar-refractivity contribution in [2.45, 2.75) is 37.0 Å². The highest BCUT2D eigenvalue weighted by Gasteiger charge is 2.23. The fourth-order valence-corrected chi connectivity index (χ4v) is 3.15. The molecular formula is C13H20N4OS. The maximum Gasteiger partial charge on any atom is 0.271 e. The van der Waals surface area contributed by atoms with Gasteiger partial charge in [0.05, 0.1) is 12.4 Å². The number of aromatic nitrogens is 2. The van der Waals surface area contributed by atoms with E-state index in [1.54, 1.807) is 13.2 Å². The number of anilines is 1. The lowest BCUT2D eigenvalue weighted by Gasteiger charge is -2.28. The predicted molar refractivity (Wildman–Crippen MR) is 78.6 cm³/mol. The number of amides is 1. The van der Waals surface area contributed by atoms with Crippen molar-refractivity contribution in [2.75, 3.05) is 18.6 Å². The zero-order valence-corrected chi connectivity index (χ0v) is 12.2. The smallest absolute Gasteiger partial charge is 0.271 e. The second kappa shape index (κ2) is 6.75. The molecule has 2 rings (SSSR count). The third kappa shape index (κ3) is 3.83. The third-order valence-electron chi connectivity index (χ3n) is 3.44. The van der Waals surface area contributed by atoms with Gasteiger partial charge in [0, 0.05) is 18.3 Å². The Morgan fingerprint density at radius 2 is 2.21 bits per heavy atom. The van der Waals surface area contributed by atoms with Crippen molar-refractivity contribution >= 4 is 23.5 Å². The van der Waals surface area contributed by atoms with Crippen molar-refractivity contribution in [1.29, 1.82) is 0 Å². The van der Waals surface area contributed by atoms with E-state index in [0.717, 1.165) is 12.8 Å². The number of hydrogen-bond donors (Lipinski definition) is 2. The van der Waals surface area contributed by atoms with Crippen LogP contribution < -0.4 is 10.6 Å². The van der Waals surface area contributed by atoms with Gasteiger partial charge in [-0.2, -0.15) is 11.8 Å². The summed E-state index contributed by atoms with van der Waals surface area (Å²) in [6, 6.07) is 0.268. The highest BCUT2D eigenvalue weighted by molar-refractivity contribution is 7.99. The first kappa shape index (κ1) is 14.1. The third-order valence-corrected chi connectivity index (χ3v) is 4.53. The summed E-state index contributed by atoms with van der Waals surface area (Å²) >= 11 is 1.89. The highest BCUT2D eigenvalue weighted by atomic mass is 32.2. The molecule has 0 spiro atoms. The van der Waals surface area contributed by atoms with E-state index in [1.807, 2.05) is 11.8 Å². The van der Waals surface area contributed by atoms with Crippen molar-refractivity contribution in [1.82, 2.24) is 15.3 Å². The molecule has 1 aromatic heterocycles. The fourth-order valence-electron chi connectivity index (χ4n) is 2.32. The predicted octanol–water partition coefficient (Wildman–Crippen LogP) is 1.92. The van der Waals surface area contributed by atoms with Gasteiger partial charge in [-0.1, -0.05) is 6.42 Å². The normalized spacial score (nSPS) is 22.8. The van der Waals surface area contributed by atoms with Gasteiger partial charge in [0.2, 0.25) is 0 Å². The van der Waals surface area contributed by atoms with Crippen LogP contribution in [-0.4, -0.2) is 40.5 Å². The summed E-state index contributed by atoms with van der Waals surface area (Å²) < 4.78 is 0. The number of nitrogens with zero attached hydrogens (tertiary/aromatic N) is 2. The molecule has 19 heavy (non-hydrogen) atoms. The first-order valence-corrected chi connectivity index (χ1v) is 7.85. The number of rotatable bonds is 4. The van der Waals surface area contributed by atoms with Gasteiger partial charge in [-0.3, -0.25) is 4.79 Å². The van der Waals surface area contributed by atoms with Crippen LogP contribution in [0.5, 0.6) is 0 Å². The van der Waals surface area contributed by atoms with Gasteiger partial charge in [0.15, 0.2) is 0 Å². The van der Waals surface area contributed by atoms with E-state index < -0.39 is 0 Å². The minimum atomic E-state index is -0.123. The van der Waals surface area contributed by atoms with Crippen LogP contribution in [0.25, 0.3) is 0 Å². The van der Waals surface area contributed by atoms with E-state index >= 15 is 0 Å². The molecule has 0 radical (unpaired) electrons. The van der Waals surface area contributed by atoms with Crippen molar-refractivity contribution in [3.8, 4) is 0 Å². The quantitative estimate of drug-likeness (QED) is 0.882. The van der Waals surface area contributed by atoms with Crippen LogP contribution in [-0.2, 0) is 0 Å². The number of carbonyl (C=O) groups is 1. The Bertz CT molecular complexity index is 423. The molecule has 1 fully saturated rings. The van der Waals surface area contributed by atoms with Gasteiger partial charge in [-0.15, -0.1) is 0 Å². The monoisotopic (exact) mass is 280 g/mol. The molecule has 0 bridgehead atoms. The SMILES string of the molecule is CNc1cnc(C(=O)NC2CCCC(SC)C2)cn1. The number of thioether (sulfide) groups is 1. The standard InChI is InChI=1S/C13H20N4OS/c1-14-12-8-15-11(7-16-12)13(18)17-9-4-3-5-10(6-9)19-2/h7-10H,3-6H2,1-2H3,(H,14,16)(H,17,18). The van der Waals surface area contributed by atoms with Gasteiger partial charge >= 0.3 is 0 Å². The van der Waals surface area contributed by atoms with Crippen molar-refractivity contribution in [2.24, 2.45) is 0 Å². The lowest BCUT2D eigenvalue weighted by molar-refractivity contribution is 0.0923. The van der Waals surface area contributed by atoms with Gasteiger partial charge in [0.25, 0.3) is 5.91 Å². The Morgan fingerprint density at radius 1 is 1.37 bits per heavy atom. The molecule has 1 saturated carbocycles. The Kier molecular flexibility index (Phi) is 5.01. The topological polar surface area (TPSA) is 66.9 Å². The van der Waals surface area contributed by atoms with E-state index in [9.17, 15) is 4.79 Å². The summed E-state index contributed by atoms with van der Waals surface area (Å²) in [5.74, 6) is 0.540. The second-order valence-electron chi connectivity index (χ2n) is 4.73. The van der Waals surface area contributed by atoms with E-state index in [4.69, 9.17) is 0 Å². The zero-order chi connectivity index (χ0) is 13.7. The first-order valence-electron chi connectivity index (χ1n) is 6.56. The van der Waals surface area contributed by atoms with Crippen molar-refractivity contribution < 1.29 is 4.79 Å². The van der Waals surface area contributed by atoms with E-state index in [-0.39, 0.29) is 11.9 Å². The average molecular weight is 280 g/mol. The Morgan fingerprint density at radius 3 is 2.84 bits per heavy atom. The van der Waals surface area contributed by atoms with Gasteiger partial charge in [-0.25, -0.2) is 9.97 Å². The van der Waals surface area contributed by atoms with Crippen LogP contribution in [0.3, 0.4) is 0 Å². The number of hydrogen-bond acceptors (Lipinski definition) is 5. The summed E-state index contributed by atoms with van der Waals surface area (Å²) in [7, 11) is 1.77. The lowest BCUT2D eigenvalue weighted by atomic mass is 9.95. The van der Waals surface area contributed by atoms with E-state index in [2.05, 4.69) is 26.9 Å². The van der Waals surface area contributed by atoms with Crippen LogP contribution in [0.1, 0.15) is 36.2 Å². The van der Waals surface area contributed by atoms with Gasteiger partial charge in [-0.05, 0) is 25.5 Å². The summed E-state index contributed by atoms with van der Waals surface area (Å²) in [4.78, 5) is 20.3. The van der Waals surface area contributed by atoms with E-state index in [1.165, 1.54) is 19.0 Å². The molecule has 6 heteroatoms. The lowest BCUT2D eigenvalue weighted by Crippen LogP contribution is -2.39. The molecule has 104 valence electrons. The molecule has 2 atom stereocenters. The van der Waals surface area contributed by atoms with Crippen LogP contribution in [0.2, 0.25) is 0 Å². The van der Waals surface area contributed by atoms with Crippen LogP contribution >= 0.6 is 11.8 Å². The van der Waals surface area contributed by atoms with Crippen LogP contribution in [0, 0.1) is 0 Å². The van der Waals surface area contributed by atoms with Gasteiger partial charge in [0.1, 0.15) is 11.5 Å². The molecule has 1 aliphatic carbocycles. The maximum absolute atomic E-state index is 12.1. The van der Waals surface area contributed by atoms with Crippen LogP contribution in [0.15, 0.2) is 12.4 Å². The number of carbonyl (C=O) groups excluding carboxylic acids is 1. The zero-order valence-electron chi connectivity index (χ0n) is 11.3.